The third-order valence-corrected chi connectivity index (χ3v) is 3.00. The molecule has 1 aromatic rings. The van der Waals surface area contributed by atoms with Crippen LogP contribution in [0.5, 0.6) is 0 Å². The molecular weight excluding hydrogens is 218 g/mol. The summed E-state index contributed by atoms with van der Waals surface area (Å²) >= 11 is 0. The van der Waals surface area contributed by atoms with Gasteiger partial charge in [-0.25, -0.2) is 9.78 Å². The highest BCUT2D eigenvalue weighted by atomic mass is 16.6. The lowest BCUT2D eigenvalue weighted by Crippen LogP contribution is -2.29. The molecule has 1 amide bonds. The number of hydrogen-bond acceptors (Lipinski definition) is 3. The van der Waals surface area contributed by atoms with E-state index in [-0.39, 0.29) is 12.2 Å². The van der Waals surface area contributed by atoms with E-state index in [0.29, 0.717) is 6.54 Å². The van der Waals surface area contributed by atoms with Crippen molar-refractivity contribution < 1.29 is 9.53 Å². The van der Waals surface area contributed by atoms with Gasteiger partial charge in [0.05, 0.1) is 6.33 Å². The van der Waals surface area contributed by atoms with Gasteiger partial charge in [0, 0.05) is 25.5 Å². The van der Waals surface area contributed by atoms with E-state index in [1.165, 1.54) is 12.8 Å². The fraction of sp³-hybridized carbons (Fsp3) is 0.667. The summed E-state index contributed by atoms with van der Waals surface area (Å²) in [6.07, 6.45) is 10.6. The van der Waals surface area contributed by atoms with Crippen LogP contribution in [0, 0.1) is 0 Å². The molecule has 5 nitrogen and oxygen atoms in total. The van der Waals surface area contributed by atoms with Gasteiger partial charge in [0.1, 0.15) is 6.10 Å². The number of alkyl carbamates (subject to hydrolysis) is 1. The second kappa shape index (κ2) is 6.27. The zero-order valence-electron chi connectivity index (χ0n) is 9.97. The molecule has 1 aliphatic rings. The van der Waals surface area contributed by atoms with Gasteiger partial charge >= 0.3 is 6.09 Å². The Bertz CT molecular complexity index is 332. The Kier molecular flexibility index (Phi) is 4.41. The molecule has 17 heavy (non-hydrogen) atoms. The summed E-state index contributed by atoms with van der Waals surface area (Å²) in [4.78, 5) is 15.4. The third-order valence-electron chi connectivity index (χ3n) is 3.00. The molecule has 0 radical (unpaired) electrons. The predicted octanol–water partition coefficient (Wildman–Crippen LogP) is 1.94. The number of rotatable bonds is 5. The number of imidazole rings is 1. The van der Waals surface area contributed by atoms with E-state index < -0.39 is 0 Å². The van der Waals surface area contributed by atoms with Crippen molar-refractivity contribution >= 4 is 6.09 Å². The van der Waals surface area contributed by atoms with Crippen LogP contribution in [0.4, 0.5) is 4.79 Å². The molecule has 0 aliphatic heterocycles. The van der Waals surface area contributed by atoms with Gasteiger partial charge in [-0.05, 0) is 32.1 Å². The van der Waals surface area contributed by atoms with E-state index in [0.717, 1.165) is 25.8 Å². The lowest BCUT2D eigenvalue weighted by molar-refractivity contribution is 0.101. The summed E-state index contributed by atoms with van der Waals surface area (Å²) in [5, 5.41) is 2.78. The van der Waals surface area contributed by atoms with Crippen molar-refractivity contribution in [3.05, 3.63) is 18.7 Å². The van der Waals surface area contributed by atoms with Gasteiger partial charge in [-0.2, -0.15) is 0 Å². The Labute approximate surface area is 101 Å². The van der Waals surface area contributed by atoms with E-state index in [9.17, 15) is 4.79 Å². The molecule has 0 spiro atoms. The monoisotopic (exact) mass is 237 g/mol. The van der Waals surface area contributed by atoms with Crippen LogP contribution in [-0.4, -0.2) is 28.3 Å². The van der Waals surface area contributed by atoms with E-state index in [2.05, 4.69) is 10.3 Å². The van der Waals surface area contributed by atoms with Crippen molar-refractivity contribution in [1.29, 1.82) is 0 Å². The highest BCUT2D eigenvalue weighted by molar-refractivity contribution is 5.67. The molecule has 1 heterocycles. The van der Waals surface area contributed by atoms with Crippen LogP contribution in [0.1, 0.15) is 32.1 Å². The average Bonchev–Trinajstić information content (AvgIpc) is 2.96. The lowest BCUT2D eigenvalue weighted by Gasteiger charge is -2.12. The molecular formula is C12H19N3O2. The molecule has 1 aliphatic carbocycles. The first-order valence-electron chi connectivity index (χ1n) is 6.25. The Morgan fingerprint density at radius 3 is 3.00 bits per heavy atom. The molecule has 0 unspecified atom stereocenters. The second-order valence-corrected chi connectivity index (χ2v) is 4.39. The van der Waals surface area contributed by atoms with E-state index >= 15 is 0 Å². The molecule has 0 atom stereocenters. The third kappa shape index (κ3) is 4.09. The molecule has 1 aromatic heterocycles. The largest absolute Gasteiger partial charge is 0.446 e. The Balaban J connectivity index is 1.53. The number of hydrogen-bond donors (Lipinski definition) is 1. The zero-order valence-corrected chi connectivity index (χ0v) is 9.97. The molecule has 0 bridgehead atoms. The van der Waals surface area contributed by atoms with E-state index in [1.807, 2.05) is 10.8 Å². The number of ether oxygens (including phenoxy) is 1. The number of aryl methyl sites for hydroxylation is 1. The van der Waals surface area contributed by atoms with Crippen molar-refractivity contribution in [3.8, 4) is 0 Å². The first kappa shape index (κ1) is 12.0. The molecule has 1 saturated carbocycles. The summed E-state index contributed by atoms with van der Waals surface area (Å²) < 4.78 is 7.27. The quantitative estimate of drug-likeness (QED) is 0.796. The summed E-state index contributed by atoms with van der Waals surface area (Å²) in [6.45, 7) is 1.51. The Morgan fingerprint density at radius 1 is 1.47 bits per heavy atom. The first-order valence-corrected chi connectivity index (χ1v) is 6.25. The molecule has 94 valence electrons. The predicted molar refractivity (Wildman–Crippen MR) is 63.6 cm³/mol. The SMILES string of the molecule is O=C(NCCCn1ccnc1)OC1CCCC1. The number of carbonyl (C=O) groups is 1. The average molecular weight is 237 g/mol. The Morgan fingerprint density at radius 2 is 2.29 bits per heavy atom. The summed E-state index contributed by atoms with van der Waals surface area (Å²) in [5.74, 6) is 0. The maximum Gasteiger partial charge on any atom is 0.407 e. The van der Waals surface area contributed by atoms with Gasteiger partial charge in [0.25, 0.3) is 0 Å². The zero-order chi connectivity index (χ0) is 11.9. The van der Waals surface area contributed by atoms with Gasteiger partial charge in [-0.1, -0.05) is 0 Å². The molecule has 5 heteroatoms. The highest BCUT2D eigenvalue weighted by Gasteiger charge is 2.18. The van der Waals surface area contributed by atoms with Crippen molar-refractivity contribution in [2.45, 2.75) is 44.8 Å². The van der Waals surface area contributed by atoms with Crippen LogP contribution >= 0.6 is 0 Å². The van der Waals surface area contributed by atoms with E-state index in [4.69, 9.17) is 4.74 Å². The smallest absolute Gasteiger partial charge is 0.407 e. The van der Waals surface area contributed by atoms with Crippen molar-refractivity contribution in [1.82, 2.24) is 14.9 Å². The van der Waals surface area contributed by atoms with Gasteiger partial charge in [0.15, 0.2) is 0 Å². The fourth-order valence-electron chi connectivity index (χ4n) is 2.07. The summed E-state index contributed by atoms with van der Waals surface area (Å²) in [7, 11) is 0. The lowest BCUT2D eigenvalue weighted by atomic mass is 10.3. The Hall–Kier alpha value is -1.52. The van der Waals surface area contributed by atoms with Crippen molar-refractivity contribution in [2.75, 3.05) is 6.54 Å². The number of nitrogens with zero attached hydrogens (tertiary/aromatic N) is 2. The van der Waals surface area contributed by atoms with Crippen LogP contribution in [0.15, 0.2) is 18.7 Å². The molecule has 1 N–H and O–H groups in total. The fourth-order valence-corrected chi connectivity index (χ4v) is 2.07. The van der Waals surface area contributed by atoms with Gasteiger partial charge in [0.2, 0.25) is 0 Å². The van der Waals surface area contributed by atoms with E-state index in [1.54, 1.807) is 12.5 Å². The minimum Gasteiger partial charge on any atom is -0.446 e. The van der Waals surface area contributed by atoms with Gasteiger partial charge in [-0.15, -0.1) is 0 Å². The number of carbonyl (C=O) groups excluding carboxylic acids is 1. The molecule has 1 fully saturated rings. The molecule has 0 saturated heterocycles. The van der Waals surface area contributed by atoms with Crippen LogP contribution in [0.25, 0.3) is 0 Å². The highest BCUT2D eigenvalue weighted by Crippen LogP contribution is 2.20. The maximum atomic E-state index is 11.4. The number of amides is 1. The van der Waals surface area contributed by atoms with Crippen LogP contribution < -0.4 is 5.32 Å². The summed E-state index contributed by atoms with van der Waals surface area (Å²) in [6, 6.07) is 0. The topological polar surface area (TPSA) is 56.2 Å². The maximum absolute atomic E-state index is 11.4. The minimum absolute atomic E-state index is 0.142. The van der Waals surface area contributed by atoms with Crippen LogP contribution in [0.3, 0.4) is 0 Å². The van der Waals surface area contributed by atoms with Crippen LogP contribution in [0.2, 0.25) is 0 Å². The number of nitrogens with one attached hydrogen (secondary N) is 1. The minimum atomic E-state index is -0.275. The van der Waals surface area contributed by atoms with Gasteiger partial charge < -0.3 is 14.6 Å². The molecule has 2 rings (SSSR count). The normalized spacial score (nSPS) is 16.0. The summed E-state index contributed by atoms with van der Waals surface area (Å²) in [5.41, 5.74) is 0. The molecule has 0 aromatic carbocycles. The van der Waals surface area contributed by atoms with Crippen molar-refractivity contribution in [3.63, 3.8) is 0 Å². The van der Waals surface area contributed by atoms with Gasteiger partial charge in [-0.3, -0.25) is 0 Å². The van der Waals surface area contributed by atoms with Crippen LogP contribution in [-0.2, 0) is 11.3 Å². The first-order chi connectivity index (χ1) is 8.34. The standard InChI is InChI=1S/C12H19N3O2/c16-12(17-11-4-1-2-5-11)14-6-3-8-15-9-7-13-10-15/h7,9-11H,1-6,8H2,(H,14,16). The second-order valence-electron chi connectivity index (χ2n) is 4.39. The number of aromatic nitrogens is 2. The van der Waals surface area contributed by atoms with Crippen molar-refractivity contribution in [2.24, 2.45) is 0 Å².